The molecule has 9 nitrogen and oxygen atoms in total. The van der Waals surface area contributed by atoms with Gasteiger partial charge in [0.1, 0.15) is 12.7 Å². The highest BCUT2D eigenvalue weighted by Crippen LogP contribution is 2.29. The molecule has 0 unspecified atom stereocenters. The lowest BCUT2D eigenvalue weighted by atomic mass is 10.1. The van der Waals surface area contributed by atoms with E-state index < -0.39 is 9.85 Å². The van der Waals surface area contributed by atoms with Crippen LogP contribution in [0.25, 0.3) is 5.69 Å². The third kappa shape index (κ3) is 1.88. The molecule has 1 aromatic carbocycles. The maximum Gasteiger partial charge on any atom is 0.281 e. The number of rotatable bonds is 3. The molecule has 0 aliphatic carbocycles. The van der Waals surface area contributed by atoms with Gasteiger partial charge in [-0.3, -0.25) is 20.2 Å². The lowest BCUT2D eigenvalue weighted by Gasteiger charge is -2.05. The van der Waals surface area contributed by atoms with E-state index in [1.54, 1.807) is 0 Å². The van der Waals surface area contributed by atoms with Gasteiger partial charge in [-0.2, -0.15) is 5.10 Å². The molecular weight excluding hydrogens is 242 g/mol. The molecule has 0 bridgehead atoms. The Kier molecular flexibility index (Phi) is 2.72. The summed E-state index contributed by atoms with van der Waals surface area (Å²) in [5.74, 6) is 0. The van der Waals surface area contributed by atoms with Crippen molar-refractivity contribution in [3.05, 3.63) is 50.6 Å². The third-order valence-corrected chi connectivity index (χ3v) is 2.41. The van der Waals surface area contributed by atoms with Crippen LogP contribution in [0.4, 0.5) is 11.4 Å². The third-order valence-electron chi connectivity index (χ3n) is 2.41. The van der Waals surface area contributed by atoms with Crippen molar-refractivity contribution in [3.63, 3.8) is 0 Å². The number of nitrogens with zero attached hydrogens (tertiary/aromatic N) is 5. The minimum atomic E-state index is -0.688. The van der Waals surface area contributed by atoms with Crippen LogP contribution < -0.4 is 0 Å². The Bertz CT molecular complexity index is 622. The highest BCUT2D eigenvalue weighted by Gasteiger charge is 2.22. The number of hydrogen-bond acceptors (Lipinski definition) is 6. The second kappa shape index (κ2) is 4.20. The van der Waals surface area contributed by atoms with E-state index in [1.165, 1.54) is 30.3 Å². The summed E-state index contributed by atoms with van der Waals surface area (Å²) in [5, 5.41) is 25.4. The molecule has 0 fully saturated rings. The average molecular weight is 249 g/mol. The van der Waals surface area contributed by atoms with Crippen LogP contribution in [0.1, 0.15) is 5.56 Å². The van der Waals surface area contributed by atoms with Gasteiger partial charge in [-0.1, -0.05) is 0 Å². The molecule has 0 aliphatic rings. The van der Waals surface area contributed by atoms with Gasteiger partial charge in [0.2, 0.25) is 0 Å². The molecule has 2 aromatic rings. The zero-order valence-corrected chi connectivity index (χ0v) is 9.18. The normalized spacial score (nSPS) is 10.3. The molecule has 0 aliphatic heterocycles. The van der Waals surface area contributed by atoms with E-state index in [-0.39, 0.29) is 22.6 Å². The maximum atomic E-state index is 10.9. The van der Waals surface area contributed by atoms with Crippen molar-refractivity contribution in [1.82, 2.24) is 14.8 Å². The van der Waals surface area contributed by atoms with Crippen molar-refractivity contribution in [2.75, 3.05) is 0 Å². The Morgan fingerprint density at radius 2 is 1.94 bits per heavy atom. The number of hydrogen-bond donors (Lipinski definition) is 0. The molecule has 2 rings (SSSR count). The first kappa shape index (κ1) is 11.6. The number of nitro benzene ring substituents is 2. The number of aromatic nitrogens is 3. The fourth-order valence-corrected chi connectivity index (χ4v) is 1.54. The minimum Gasteiger partial charge on any atom is -0.258 e. The summed E-state index contributed by atoms with van der Waals surface area (Å²) in [6.07, 6.45) is 2.56. The van der Waals surface area contributed by atoms with Crippen LogP contribution in [0.15, 0.2) is 24.8 Å². The van der Waals surface area contributed by atoms with E-state index in [4.69, 9.17) is 0 Å². The van der Waals surface area contributed by atoms with Gasteiger partial charge in [-0.25, -0.2) is 9.67 Å². The van der Waals surface area contributed by atoms with Crippen molar-refractivity contribution >= 4 is 11.4 Å². The van der Waals surface area contributed by atoms with Gasteiger partial charge in [0, 0.05) is 6.07 Å². The van der Waals surface area contributed by atoms with Gasteiger partial charge in [0.15, 0.2) is 0 Å². The molecule has 92 valence electrons. The zero-order valence-electron chi connectivity index (χ0n) is 9.18. The van der Waals surface area contributed by atoms with Gasteiger partial charge in [-0.15, -0.1) is 0 Å². The second-order valence-electron chi connectivity index (χ2n) is 3.46. The highest BCUT2D eigenvalue weighted by molar-refractivity contribution is 5.59. The first-order valence-corrected chi connectivity index (χ1v) is 4.79. The van der Waals surface area contributed by atoms with E-state index in [1.807, 2.05) is 0 Å². The zero-order chi connectivity index (χ0) is 13.3. The SMILES string of the molecule is Cc1c(-n2cncn2)cc([N+](=O)[O-])cc1[N+](=O)[O-]. The molecule has 0 spiro atoms. The summed E-state index contributed by atoms with van der Waals surface area (Å²) < 4.78 is 1.25. The summed E-state index contributed by atoms with van der Waals surface area (Å²) in [5.41, 5.74) is -0.142. The molecule has 1 heterocycles. The summed E-state index contributed by atoms with van der Waals surface area (Å²) in [7, 11) is 0. The van der Waals surface area contributed by atoms with Crippen molar-refractivity contribution in [2.24, 2.45) is 0 Å². The van der Waals surface area contributed by atoms with E-state index in [0.717, 1.165) is 6.07 Å². The quantitative estimate of drug-likeness (QED) is 0.599. The summed E-state index contributed by atoms with van der Waals surface area (Å²) >= 11 is 0. The first-order valence-electron chi connectivity index (χ1n) is 4.79. The molecule has 9 heteroatoms. The van der Waals surface area contributed by atoms with Crippen LogP contribution in [0.2, 0.25) is 0 Å². The summed E-state index contributed by atoms with van der Waals surface area (Å²) in [4.78, 5) is 24.0. The fraction of sp³-hybridized carbons (Fsp3) is 0.111. The molecule has 0 saturated carbocycles. The van der Waals surface area contributed by atoms with Crippen molar-refractivity contribution in [2.45, 2.75) is 6.92 Å². The maximum absolute atomic E-state index is 10.9. The van der Waals surface area contributed by atoms with E-state index in [2.05, 4.69) is 10.1 Å². The second-order valence-corrected chi connectivity index (χ2v) is 3.46. The van der Waals surface area contributed by atoms with Crippen molar-refractivity contribution in [1.29, 1.82) is 0 Å². The first-order chi connectivity index (χ1) is 8.50. The largest absolute Gasteiger partial charge is 0.281 e. The summed E-state index contributed by atoms with van der Waals surface area (Å²) in [6.45, 7) is 1.50. The van der Waals surface area contributed by atoms with Gasteiger partial charge in [-0.05, 0) is 6.92 Å². The smallest absolute Gasteiger partial charge is 0.258 e. The van der Waals surface area contributed by atoms with E-state index in [9.17, 15) is 20.2 Å². The van der Waals surface area contributed by atoms with Crippen LogP contribution in [0.5, 0.6) is 0 Å². The topological polar surface area (TPSA) is 117 Å². The number of non-ortho nitro benzene ring substituents is 1. The Morgan fingerprint density at radius 1 is 1.22 bits per heavy atom. The summed E-state index contributed by atoms with van der Waals surface area (Å²) in [6, 6.07) is 2.15. The Balaban J connectivity index is 2.72. The molecule has 0 atom stereocenters. The Hall–Kier alpha value is -2.84. The predicted octanol–water partition coefficient (Wildman–Crippen LogP) is 1.39. The van der Waals surface area contributed by atoms with E-state index in [0.29, 0.717) is 0 Å². The lowest BCUT2D eigenvalue weighted by molar-refractivity contribution is -0.394. The molecule has 0 saturated heterocycles. The van der Waals surface area contributed by atoms with Crippen molar-refractivity contribution < 1.29 is 9.85 Å². The van der Waals surface area contributed by atoms with Crippen LogP contribution >= 0.6 is 0 Å². The van der Waals surface area contributed by atoms with Crippen LogP contribution in [-0.4, -0.2) is 24.6 Å². The predicted molar refractivity (Wildman–Crippen MR) is 59.4 cm³/mol. The molecule has 0 radical (unpaired) electrons. The monoisotopic (exact) mass is 249 g/mol. The number of nitro groups is 2. The molecule has 0 amide bonds. The average Bonchev–Trinajstić information content (AvgIpc) is 2.81. The van der Waals surface area contributed by atoms with Crippen LogP contribution in [0.3, 0.4) is 0 Å². The van der Waals surface area contributed by atoms with Crippen LogP contribution in [-0.2, 0) is 0 Å². The van der Waals surface area contributed by atoms with E-state index >= 15 is 0 Å². The lowest BCUT2D eigenvalue weighted by Crippen LogP contribution is -2.03. The van der Waals surface area contributed by atoms with Crippen LogP contribution in [0, 0.1) is 27.2 Å². The Morgan fingerprint density at radius 3 is 2.44 bits per heavy atom. The standard InChI is InChI=1S/C9H7N5O4/c1-6-8(12-5-10-4-11-12)2-7(13(15)16)3-9(6)14(17)18/h2-5H,1H3. The fourth-order valence-electron chi connectivity index (χ4n) is 1.54. The van der Waals surface area contributed by atoms with Gasteiger partial charge < -0.3 is 0 Å². The molecular formula is C9H7N5O4. The Labute approximate surface area is 100.0 Å². The van der Waals surface area contributed by atoms with Gasteiger partial charge >= 0.3 is 0 Å². The molecule has 18 heavy (non-hydrogen) atoms. The van der Waals surface area contributed by atoms with Gasteiger partial charge in [0.25, 0.3) is 11.4 Å². The molecule has 0 N–H and O–H groups in total. The highest BCUT2D eigenvalue weighted by atomic mass is 16.6. The number of benzene rings is 1. The van der Waals surface area contributed by atoms with Gasteiger partial charge in [0.05, 0.1) is 27.2 Å². The minimum absolute atomic E-state index is 0.258. The van der Waals surface area contributed by atoms with Crippen molar-refractivity contribution in [3.8, 4) is 5.69 Å². The molecule has 1 aromatic heterocycles.